The largest absolute Gasteiger partial charge is 0.290 e. The topological polar surface area (TPSA) is 31.9 Å². The lowest BCUT2D eigenvalue weighted by Crippen LogP contribution is -2.23. The Morgan fingerprint density at radius 1 is 1.33 bits per heavy atom. The Bertz CT molecular complexity index is 510. The first-order valence-electron chi connectivity index (χ1n) is 6.31. The molecule has 1 aliphatic rings. The maximum atomic E-state index is 6.23. The van der Waals surface area contributed by atoms with E-state index in [0.29, 0.717) is 6.04 Å². The summed E-state index contributed by atoms with van der Waals surface area (Å²) in [5.74, 6) is 0. The Balaban J connectivity index is 1.78. The lowest BCUT2D eigenvalue weighted by atomic mass is 10.1. The van der Waals surface area contributed by atoms with Gasteiger partial charge in [-0.3, -0.25) is 10.00 Å². The summed E-state index contributed by atoms with van der Waals surface area (Å²) in [5.41, 5.74) is 2.41. The standard InChI is InChI=1S/C14H16ClN3/c15-12-5-2-1-4-11(12)10-18-9-3-6-14(18)13-7-8-16-17-13/h1-2,4-5,7-8,14H,3,6,9-10H2,(H,16,17)/t14-/m0/s1. The average molecular weight is 262 g/mol. The van der Waals surface area contributed by atoms with Gasteiger partial charge >= 0.3 is 0 Å². The lowest BCUT2D eigenvalue weighted by molar-refractivity contribution is 0.244. The van der Waals surface area contributed by atoms with Crippen LogP contribution in [-0.4, -0.2) is 21.6 Å². The molecule has 4 heteroatoms. The third-order valence-electron chi connectivity index (χ3n) is 3.58. The average Bonchev–Trinajstić information content (AvgIpc) is 3.02. The Hall–Kier alpha value is -1.32. The van der Waals surface area contributed by atoms with Gasteiger partial charge in [0.05, 0.1) is 11.7 Å². The number of halogens is 1. The number of likely N-dealkylation sites (tertiary alicyclic amines) is 1. The molecule has 94 valence electrons. The minimum Gasteiger partial charge on any atom is -0.290 e. The minimum absolute atomic E-state index is 0.448. The third kappa shape index (κ3) is 2.28. The molecule has 3 nitrogen and oxygen atoms in total. The molecule has 1 aliphatic heterocycles. The summed E-state index contributed by atoms with van der Waals surface area (Å²) >= 11 is 6.23. The summed E-state index contributed by atoms with van der Waals surface area (Å²) in [6.07, 6.45) is 4.24. The number of benzene rings is 1. The second-order valence-electron chi connectivity index (χ2n) is 4.73. The van der Waals surface area contributed by atoms with Gasteiger partial charge in [0.1, 0.15) is 0 Å². The van der Waals surface area contributed by atoms with E-state index in [1.54, 1.807) is 0 Å². The van der Waals surface area contributed by atoms with E-state index in [2.05, 4.69) is 27.2 Å². The van der Waals surface area contributed by atoms with E-state index in [9.17, 15) is 0 Å². The van der Waals surface area contributed by atoms with E-state index in [0.717, 1.165) is 18.1 Å². The molecular formula is C14H16ClN3. The van der Waals surface area contributed by atoms with Crippen molar-refractivity contribution in [3.63, 3.8) is 0 Å². The molecule has 1 N–H and O–H groups in total. The Morgan fingerprint density at radius 3 is 3.00 bits per heavy atom. The Morgan fingerprint density at radius 2 is 2.22 bits per heavy atom. The molecule has 0 amide bonds. The zero-order valence-corrected chi connectivity index (χ0v) is 10.9. The third-order valence-corrected chi connectivity index (χ3v) is 3.94. The van der Waals surface area contributed by atoms with E-state index in [1.807, 2.05) is 24.4 Å². The highest BCUT2D eigenvalue weighted by molar-refractivity contribution is 6.31. The number of nitrogens with one attached hydrogen (secondary N) is 1. The molecule has 1 atom stereocenters. The SMILES string of the molecule is Clc1ccccc1CN1CCC[C@H]1c1ccn[nH]1. The van der Waals surface area contributed by atoms with Crippen molar-refractivity contribution < 1.29 is 0 Å². The monoisotopic (exact) mass is 261 g/mol. The van der Waals surface area contributed by atoms with Crippen molar-refractivity contribution in [2.75, 3.05) is 6.54 Å². The van der Waals surface area contributed by atoms with Gasteiger partial charge in [0.15, 0.2) is 0 Å². The first-order chi connectivity index (χ1) is 8.84. The summed E-state index contributed by atoms with van der Waals surface area (Å²) in [6, 6.07) is 10.6. The van der Waals surface area contributed by atoms with E-state index >= 15 is 0 Å². The number of aromatic amines is 1. The smallest absolute Gasteiger partial charge is 0.0523 e. The van der Waals surface area contributed by atoms with Gasteiger partial charge in [-0.25, -0.2) is 0 Å². The molecule has 18 heavy (non-hydrogen) atoms. The van der Waals surface area contributed by atoms with Gasteiger partial charge in [0.25, 0.3) is 0 Å². The summed E-state index contributed by atoms with van der Waals surface area (Å²) in [4.78, 5) is 2.47. The van der Waals surface area contributed by atoms with E-state index in [1.165, 1.54) is 24.1 Å². The normalized spacial score (nSPS) is 20.4. The van der Waals surface area contributed by atoms with Crippen molar-refractivity contribution in [2.45, 2.75) is 25.4 Å². The van der Waals surface area contributed by atoms with Crippen LogP contribution in [-0.2, 0) is 6.54 Å². The molecular weight excluding hydrogens is 246 g/mol. The fraction of sp³-hybridized carbons (Fsp3) is 0.357. The van der Waals surface area contributed by atoms with E-state index < -0.39 is 0 Å². The molecule has 0 radical (unpaired) electrons. The van der Waals surface area contributed by atoms with Crippen molar-refractivity contribution >= 4 is 11.6 Å². The highest BCUT2D eigenvalue weighted by Gasteiger charge is 2.27. The number of rotatable bonds is 3. The van der Waals surface area contributed by atoms with Crippen molar-refractivity contribution in [1.82, 2.24) is 15.1 Å². The Labute approximate surface area is 112 Å². The quantitative estimate of drug-likeness (QED) is 0.918. The highest BCUT2D eigenvalue weighted by Crippen LogP contribution is 2.32. The first kappa shape index (κ1) is 11.8. The molecule has 1 fully saturated rings. The van der Waals surface area contributed by atoms with Crippen LogP contribution in [0.4, 0.5) is 0 Å². The molecule has 0 aliphatic carbocycles. The van der Waals surface area contributed by atoms with Crippen LogP contribution in [0.5, 0.6) is 0 Å². The molecule has 2 aromatic rings. The molecule has 1 aromatic carbocycles. The maximum absolute atomic E-state index is 6.23. The van der Waals surface area contributed by atoms with E-state index in [-0.39, 0.29) is 0 Å². The maximum Gasteiger partial charge on any atom is 0.0523 e. The fourth-order valence-corrected chi connectivity index (χ4v) is 2.86. The molecule has 2 heterocycles. The first-order valence-corrected chi connectivity index (χ1v) is 6.69. The predicted octanol–water partition coefficient (Wildman–Crippen LogP) is 3.40. The molecule has 0 bridgehead atoms. The molecule has 1 saturated heterocycles. The van der Waals surface area contributed by atoms with Crippen LogP contribution in [0, 0.1) is 0 Å². The second kappa shape index (κ2) is 5.12. The summed E-state index contributed by atoms with van der Waals surface area (Å²) < 4.78 is 0. The zero-order chi connectivity index (χ0) is 12.4. The number of nitrogens with zero attached hydrogens (tertiary/aromatic N) is 2. The minimum atomic E-state index is 0.448. The second-order valence-corrected chi connectivity index (χ2v) is 5.14. The van der Waals surface area contributed by atoms with Gasteiger partial charge in [0.2, 0.25) is 0 Å². The fourth-order valence-electron chi connectivity index (χ4n) is 2.67. The van der Waals surface area contributed by atoms with Gasteiger partial charge in [-0.2, -0.15) is 5.10 Å². The van der Waals surface area contributed by atoms with Gasteiger partial charge in [-0.05, 0) is 37.1 Å². The lowest BCUT2D eigenvalue weighted by Gasteiger charge is -2.23. The highest BCUT2D eigenvalue weighted by atomic mass is 35.5. The van der Waals surface area contributed by atoms with Crippen LogP contribution in [0.25, 0.3) is 0 Å². The molecule has 0 spiro atoms. The molecule has 0 saturated carbocycles. The predicted molar refractivity (Wildman–Crippen MR) is 72.4 cm³/mol. The zero-order valence-electron chi connectivity index (χ0n) is 10.1. The van der Waals surface area contributed by atoms with Gasteiger partial charge in [-0.1, -0.05) is 29.8 Å². The summed E-state index contributed by atoms with van der Waals surface area (Å²) in [5, 5.41) is 7.99. The summed E-state index contributed by atoms with van der Waals surface area (Å²) in [7, 11) is 0. The number of hydrogen-bond acceptors (Lipinski definition) is 2. The Kier molecular flexibility index (Phi) is 3.35. The van der Waals surface area contributed by atoms with Crippen LogP contribution >= 0.6 is 11.6 Å². The van der Waals surface area contributed by atoms with Crippen molar-refractivity contribution in [3.8, 4) is 0 Å². The van der Waals surface area contributed by atoms with Crippen LogP contribution < -0.4 is 0 Å². The van der Waals surface area contributed by atoms with Crippen LogP contribution in [0.1, 0.15) is 30.1 Å². The molecule has 3 rings (SSSR count). The van der Waals surface area contributed by atoms with E-state index in [4.69, 9.17) is 11.6 Å². The summed E-state index contributed by atoms with van der Waals surface area (Å²) in [6.45, 7) is 2.03. The van der Waals surface area contributed by atoms with Gasteiger partial charge in [-0.15, -0.1) is 0 Å². The number of aromatic nitrogens is 2. The van der Waals surface area contributed by atoms with Crippen LogP contribution in [0.15, 0.2) is 36.5 Å². The molecule has 1 aromatic heterocycles. The van der Waals surface area contributed by atoms with Gasteiger partial charge in [0, 0.05) is 17.8 Å². The van der Waals surface area contributed by atoms with Crippen molar-refractivity contribution in [3.05, 3.63) is 52.8 Å². The van der Waals surface area contributed by atoms with Crippen molar-refractivity contribution in [1.29, 1.82) is 0 Å². The molecule has 0 unspecified atom stereocenters. The number of H-pyrrole nitrogens is 1. The van der Waals surface area contributed by atoms with Crippen LogP contribution in [0.3, 0.4) is 0 Å². The van der Waals surface area contributed by atoms with Gasteiger partial charge < -0.3 is 0 Å². The number of hydrogen-bond donors (Lipinski definition) is 1. The van der Waals surface area contributed by atoms with Crippen LogP contribution in [0.2, 0.25) is 5.02 Å². The van der Waals surface area contributed by atoms with Crippen molar-refractivity contribution in [2.24, 2.45) is 0 Å².